The van der Waals surface area contributed by atoms with Crippen LogP contribution in [-0.2, 0) is 5.41 Å². The van der Waals surface area contributed by atoms with Crippen LogP contribution in [0, 0.1) is 0 Å². The Morgan fingerprint density at radius 1 is 1.39 bits per heavy atom. The van der Waals surface area contributed by atoms with Gasteiger partial charge in [-0.1, -0.05) is 12.8 Å². The average Bonchev–Trinajstić information content (AvgIpc) is 3.04. The van der Waals surface area contributed by atoms with Crippen LogP contribution in [0.1, 0.15) is 30.7 Å². The molecule has 0 radical (unpaired) electrons. The maximum Gasteiger partial charge on any atom is 0.120 e. The first kappa shape index (κ1) is 11.9. The minimum absolute atomic E-state index is 0.136. The molecule has 1 aliphatic rings. The van der Waals surface area contributed by atoms with Crippen LogP contribution >= 0.6 is 11.3 Å². The molecule has 2 aromatic rings. The summed E-state index contributed by atoms with van der Waals surface area (Å²) < 4.78 is 6.46. The molecule has 3 rings (SSSR count). The lowest BCUT2D eigenvalue weighted by Crippen LogP contribution is -2.31. The van der Waals surface area contributed by atoms with Crippen LogP contribution < -0.4 is 10.5 Å². The van der Waals surface area contributed by atoms with E-state index in [2.05, 4.69) is 6.07 Å². The Morgan fingerprint density at radius 3 is 2.83 bits per heavy atom. The Hall–Kier alpha value is -1.13. The highest BCUT2D eigenvalue weighted by Crippen LogP contribution is 2.43. The van der Waals surface area contributed by atoms with Crippen molar-refractivity contribution in [3.63, 3.8) is 0 Å². The van der Waals surface area contributed by atoms with Gasteiger partial charge in [-0.25, -0.2) is 4.98 Å². The fourth-order valence-corrected chi connectivity index (χ4v) is 4.07. The molecule has 0 amide bonds. The number of rotatable bonds is 3. The summed E-state index contributed by atoms with van der Waals surface area (Å²) in [5.41, 5.74) is 7.22. The zero-order chi connectivity index (χ0) is 12.6. The number of benzene rings is 1. The van der Waals surface area contributed by atoms with Gasteiger partial charge >= 0.3 is 0 Å². The first-order chi connectivity index (χ1) is 8.77. The number of nitrogens with zero attached hydrogens (tertiary/aromatic N) is 1. The molecule has 0 bridgehead atoms. The number of ether oxygens (including phenoxy) is 1. The van der Waals surface area contributed by atoms with E-state index in [9.17, 15) is 0 Å². The predicted molar refractivity (Wildman–Crippen MR) is 75.4 cm³/mol. The topological polar surface area (TPSA) is 48.1 Å². The molecule has 96 valence electrons. The largest absolute Gasteiger partial charge is 0.497 e. The van der Waals surface area contributed by atoms with Crippen molar-refractivity contribution in [1.82, 2.24) is 4.98 Å². The van der Waals surface area contributed by atoms with Crippen LogP contribution in [0.15, 0.2) is 18.2 Å². The van der Waals surface area contributed by atoms with E-state index in [0.29, 0.717) is 6.54 Å². The van der Waals surface area contributed by atoms with Gasteiger partial charge in [0, 0.05) is 12.0 Å². The molecule has 1 fully saturated rings. The number of hydrogen-bond donors (Lipinski definition) is 1. The number of fused-ring (bicyclic) bond motifs is 1. The third kappa shape index (κ3) is 1.80. The Balaban J connectivity index is 2.07. The van der Waals surface area contributed by atoms with E-state index in [1.54, 1.807) is 18.4 Å². The maximum absolute atomic E-state index is 6.02. The van der Waals surface area contributed by atoms with Crippen molar-refractivity contribution in [2.45, 2.75) is 31.1 Å². The first-order valence-corrected chi connectivity index (χ1v) is 7.24. The van der Waals surface area contributed by atoms with E-state index >= 15 is 0 Å². The highest BCUT2D eigenvalue weighted by Gasteiger charge is 2.37. The molecule has 0 aliphatic heterocycles. The Bertz CT molecular complexity index is 558. The molecule has 1 heterocycles. The van der Waals surface area contributed by atoms with Crippen LogP contribution in [0.4, 0.5) is 0 Å². The van der Waals surface area contributed by atoms with Gasteiger partial charge in [-0.3, -0.25) is 0 Å². The average molecular weight is 262 g/mol. The lowest BCUT2D eigenvalue weighted by atomic mass is 9.87. The van der Waals surface area contributed by atoms with Gasteiger partial charge in [0.2, 0.25) is 0 Å². The molecule has 1 aromatic heterocycles. The summed E-state index contributed by atoms with van der Waals surface area (Å²) in [5.74, 6) is 0.894. The van der Waals surface area contributed by atoms with Gasteiger partial charge in [0.05, 0.1) is 17.3 Å². The molecular formula is C14H18N2OS. The van der Waals surface area contributed by atoms with Gasteiger partial charge in [0.1, 0.15) is 10.8 Å². The van der Waals surface area contributed by atoms with Crippen LogP contribution in [0.3, 0.4) is 0 Å². The van der Waals surface area contributed by atoms with E-state index in [1.165, 1.54) is 35.4 Å². The fraction of sp³-hybridized carbons (Fsp3) is 0.500. The molecule has 0 saturated heterocycles. The van der Waals surface area contributed by atoms with Gasteiger partial charge in [-0.15, -0.1) is 11.3 Å². The van der Waals surface area contributed by atoms with Gasteiger partial charge < -0.3 is 10.5 Å². The summed E-state index contributed by atoms with van der Waals surface area (Å²) in [4.78, 5) is 4.80. The normalized spacial score (nSPS) is 18.3. The number of hydrogen-bond acceptors (Lipinski definition) is 4. The highest BCUT2D eigenvalue weighted by molar-refractivity contribution is 7.18. The summed E-state index contributed by atoms with van der Waals surface area (Å²) in [5, 5.41) is 1.21. The molecule has 2 N–H and O–H groups in total. The first-order valence-electron chi connectivity index (χ1n) is 6.42. The Labute approximate surface area is 111 Å². The van der Waals surface area contributed by atoms with Crippen LogP contribution in [-0.4, -0.2) is 18.6 Å². The van der Waals surface area contributed by atoms with Gasteiger partial charge in [-0.2, -0.15) is 0 Å². The molecule has 3 nitrogen and oxygen atoms in total. The fourth-order valence-electron chi connectivity index (χ4n) is 2.82. The molecule has 1 aromatic carbocycles. The summed E-state index contributed by atoms with van der Waals surface area (Å²) >= 11 is 1.78. The van der Waals surface area contributed by atoms with Crippen LogP contribution in [0.2, 0.25) is 0 Å². The van der Waals surface area contributed by atoms with E-state index < -0.39 is 0 Å². The van der Waals surface area contributed by atoms with Gasteiger partial charge in [0.15, 0.2) is 0 Å². The van der Waals surface area contributed by atoms with Crippen molar-refractivity contribution in [2.75, 3.05) is 13.7 Å². The summed E-state index contributed by atoms with van der Waals surface area (Å²) in [7, 11) is 1.70. The number of methoxy groups -OCH3 is 1. The number of thiazole rings is 1. The van der Waals surface area contributed by atoms with Crippen LogP contribution in [0.25, 0.3) is 10.2 Å². The zero-order valence-corrected chi connectivity index (χ0v) is 11.4. The predicted octanol–water partition coefficient (Wildman–Crippen LogP) is 3.08. The molecular weight excluding hydrogens is 244 g/mol. The van der Waals surface area contributed by atoms with Crippen LogP contribution in [0.5, 0.6) is 5.75 Å². The smallest absolute Gasteiger partial charge is 0.120 e. The van der Waals surface area contributed by atoms with Crippen molar-refractivity contribution >= 4 is 21.6 Å². The minimum atomic E-state index is 0.136. The van der Waals surface area contributed by atoms with Crippen molar-refractivity contribution in [2.24, 2.45) is 5.73 Å². The van der Waals surface area contributed by atoms with E-state index in [4.69, 9.17) is 15.5 Å². The summed E-state index contributed by atoms with van der Waals surface area (Å²) in [6, 6.07) is 6.07. The highest BCUT2D eigenvalue weighted by atomic mass is 32.1. The molecule has 18 heavy (non-hydrogen) atoms. The second kappa shape index (κ2) is 4.52. The van der Waals surface area contributed by atoms with E-state index in [0.717, 1.165) is 11.3 Å². The molecule has 0 spiro atoms. The van der Waals surface area contributed by atoms with Crippen molar-refractivity contribution in [3.8, 4) is 5.75 Å². The molecule has 4 heteroatoms. The molecule has 1 aliphatic carbocycles. The summed E-state index contributed by atoms with van der Waals surface area (Å²) in [6.07, 6.45) is 4.91. The maximum atomic E-state index is 6.02. The Morgan fingerprint density at radius 2 is 2.17 bits per heavy atom. The van der Waals surface area contributed by atoms with Crippen molar-refractivity contribution in [1.29, 1.82) is 0 Å². The SMILES string of the molecule is COc1ccc2nc(C3(CN)CCCC3)sc2c1. The number of aromatic nitrogens is 1. The van der Waals surface area contributed by atoms with Gasteiger partial charge in [0.25, 0.3) is 0 Å². The zero-order valence-electron chi connectivity index (χ0n) is 10.6. The quantitative estimate of drug-likeness (QED) is 0.924. The lowest BCUT2D eigenvalue weighted by molar-refractivity contribution is 0.415. The molecule has 0 unspecified atom stereocenters. The second-order valence-corrected chi connectivity index (χ2v) is 6.07. The minimum Gasteiger partial charge on any atom is -0.497 e. The standard InChI is InChI=1S/C14H18N2OS/c1-17-10-4-5-11-12(8-10)18-13(16-11)14(9-15)6-2-3-7-14/h4-5,8H,2-3,6-7,9,15H2,1H3. The van der Waals surface area contributed by atoms with Gasteiger partial charge in [-0.05, 0) is 31.0 Å². The molecule has 0 atom stereocenters. The van der Waals surface area contributed by atoms with Crippen molar-refractivity contribution in [3.05, 3.63) is 23.2 Å². The van der Waals surface area contributed by atoms with Crippen molar-refractivity contribution < 1.29 is 4.74 Å². The number of nitrogens with two attached hydrogens (primary N) is 1. The third-order valence-electron chi connectivity index (χ3n) is 4.00. The lowest BCUT2D eigenvalue weighted by Gasteiger charge is -2.23. The summed E-state index contributed by atoms with van der Waals surface area (Å²) in [6.45, 7) is 0.712. The third-order valence-corrected chi connectivity index (χ3v) is 5.27. The molecule has 1 saturated carbocycles. The monoisotopic (exact) mass is 262 g/mol. The Kier molecular flexibility index (Phi) is 2.99. The second-order valence-electron chi connectivity index (χ2n) is 5.04. The van der Waals surface area contributed by atoms with E-state index in [1.807, 2.05) is 12.1 Å². The van der Waals surface area contributed by atoms with E-state index in [-0.39, 0.29) is 5.41 Å².